The molecule has 1 saturated carbocycles. The van der Waals surface area contributed by atoms with Crippen molar-refractivity contribution in [2.45, 2.75) is 45.6 Å². The Morgan fingerprint density at radius 2 is 1.86 bits per heavy atom. The highest BCUT2D eigenvalue weighted by Crippen LogP contribution is 2.35. The first-order chi connectivity index (χ1) is 13.6. The molecule has 6 heteroatoms. The number of rotatable bonds is 4. The molecule has 2 heterocycles. The van der Waals surface area contributed by atoms with Crippen molar-refractivity contribution in [2.75, 3.05) is 33.3 Å². The number of nitrogens with zero attached hydrogens (tertiary/aromatic N) is 3. The molecular formula is C22H29N3O2S. The summed E-state index contributed by atoms with van der Waals surface area (Å²) in [6, 6.07) is 6.80. The van der Waals surface area contributed by atoms with Gasteiger partial charge in [0.05, 0.1) is 18.4 Å². The number of carbonyl (C=O) groups is 1. The van der Waals surface area contributed by atoms with Gasteiger partial charge in [-0.2, -0.15) is 0 Å². The third-order valence-corrected chi connectivity index (χ3v) is 7.20. The van der Waals surface area contributed by atoms with E-state index in [2.05, 4.69) is 17.9 Å². The number of benzene rings is 1. The lowest BCUT2D eigenvalue weighted by atomic mass is 10.1. The van der Waals surface area contributed by atoms with E-state index in [1.165, 1.54) is 37.0 Å². The number of amides is 1. The van der Waals surface area contributed by atoms with Crippen molar-refractivity contribution in [2.24, 2.45) is 0 Å². The number of hydrogen-bond donors (Lipinski definition) is 0. The Bertz CT molecular complexity index is 849. The molecule has 1 amide bonds. The van der Waals surface area contributed by atoms with Gasteiger partial charge < -0.3 is 9.64 Å². The fourth-order valence-corrected chi connectivity index (χ4v) is 5.46. The zero-order chi connectivity index (χ0) is 19.7. The molecule has 1 aromatic carbocycles. The maximum Gasteiger partial charge on any atom is 0.265 e. The van der Waals surface area contributed by atoms with Crippen LogP contribution in [0.25, 0.3) is 10.6 Å². The van der Waals surface area contributed by atoms with Crippen LogP contribution in [0.1, 0.15) is 46.6 Å². The fourth-order valence-electron chi connectivity index (χ4n) is 4.40. The molecule has 0 bridgehead atoms. The summed E-state index contributed by atoms with van der Waals surface area (Å²) in [7, 11) is 1.67. The summed E-state index contributed by atoms with van der Waals surface area (Å²) < 4.78 is 5.51. The van der Waals surface area contributed by atoms with Crippen molar-refractivity contribution in [3.63, 3.8) is 0 Å². The maximum atomic E-state index is 13.2. The number of aromatic nitrogens is 1. The number of carbonyl (C=O) groups excluding carboxylic acids is 1. The van der Waals surface area contributed by atoms with Gasteiger partial charge in [-0.25, -0.2) is 4.98 Å². The van der Waals surface area contributed by atoms with Gasteiger partial charge in [-0.05, 0) is 38.8 Å². The summed E-state index contributed by atoms with van der Waals surface area (Å²) in [5, 5.41) is 0.853. The molecular weight excluding hydrogens is 370 g/mol. The predicted molar refractivity (Wildman–Crippen MR) is 113 cm³/mol. The molecule has 0 atom stereocenters. The quantitative estimate of drug-likeness (QED) is 0.775. The van der Waals surface area contributed by atoms with Crippen LogP contribution in [0.15, 0.2) is 18.2 Å². The average Bonchev–Trinajstić information content (AvgIpc) is 3.37. The summed E-state index contributed by atoms with van der Waals surface area (Å²) in [6.07, 6.45) is 5.36. The first-order valence-electron chi connectivity index (χ1n) is 10.2. The molecule has 0 radical (unpaired) electrons. The van der Waals surface area contributed by atoms with Crippen LogP contribution in [-0.2, 0) is 0 Å². The first-order valence-corrected chi connectivity index (χ1v) is 11.0. The number of aryl methyl sites for hydroxylation is 2. The Morgan fingerprint density at radius 1 is 1.14 bits per heavy atom. The molecule has 150 valence electrons. The zero-order valence-corrected chi connectivity index (χ0v) is 17.8. The number of hydrogen-bond acceptors (Lipinski definition) is 5. The molecule has 0 unspecified atom stereocenters. The number of ether oxygens (including phenoxy) is 1. The molecule has 0 spiro atoms. The van der Waals surface area contributed by atoms with E-state index in [1.807, 2.05) is 24.0 Å². The van der Waals surface area contributed by atoms with Crippen LogP contribution >= 0.6 is 11.3 Å². The van der Waals surface area contributed by atoms with Gasteiger partial charge in [0, 0.05) is 32.2 Å². The minimum Gasteiger partial charge on any atom is -0.496 e. The molecule has 5 nitrogen and oxygen atoms in total. The number of methoxy groups -OCH3 is 1. The molecule has 1 aromatic heterocycles. The summed E-state index contributed by atoms with van der Waals surface area (Å²) in [6.45, 7) is 7.61. The van der Waals surface area contributed by atoms with Gasteiger partial charge in [0.2, 0.25) is 0 Å². The minimum absolute atomic E-state index is 0.124. The van der Waals surface area contributed by atoms with Gasteiger partial charge in [0.1, 0.15) is 15.6 Å². The van der Waals surface area contributed by atoms with Crippen LogP contribution in [0.4, 0.5) is 0 Å². The third kappa shape index (κ3) is 3.80. The second-order valence-electron chi connectivity index (χ2n) is 7.90. The topological polar surface area (TPSA) is 45.7 Å². The van der Waals surface area contributed by atoms with Crippen molar-refractivity contribution in [3.8, 4) is 16.3 Å². The normalized spacial score (nSPS) is 18.6. The van der Waals surface area contributed by atoms with Crippen molar-refractivity contribution in [3.05, 3.63) is 34.3 Å². The highest BCUT2D eigenvalue weighted by atomic mass is 32.1. The average molecular weight is 400 g/mol. The van der Waals surface area contributed by atoms with E-state index in [0.29, 0.717) is 0 Å². The second-order valence-corrected chi connectivity index (χ2v) is 8.90. The summed E-state index contributed by atoms with van der Waals surface area (Å²) in [4.78, 5) is 23.2. The second kappa shape index (κ2) is 8.21. The van der Waals surface area contributed by atoms with Gasteiger partial charge in [-0.1, -0.05) is 24.5 Å². The van der Waals surface area contributed by atoms with E-state index in [9.17, 15) is 4.79 Å². The van der Waals surface area contributed by atoms with E-state index in [4.69, 9.17) is 9.72 Å². The molecule has 0 N–H and O–H groups in total. The molecule has 1 aliphatic heterocycles. The van der Waals surface area contributed by atoms with Crippen LogP contribution < -0.4 is 4.74 Å². The molecule has 4 rings (SSSR count). The lowest BCUT2D eigenvalue weighted by Crippen LogP contribution is -2.51. The number of piperazine rings is 1. The monoisotopic (exact) mass is 399 g/mol. The Balaban J connectivity index is 1.49. The van der Waals surface area contributed by atoms with Crippen LogP contribution in [0, 0.1) is 13.8 Å². The third-order valence-electron chi connectivity index (χ3n) is 6.02. The molecule has 1 aliphatic carbocycles. The van der Waals surface area contributed by atoms with Crippen molar-refractivity contribution in [1.82, 2.24) is 14.8 Å². The van der Waals surface area contributed by atoms with E-state index in [-0.39, 0.29) is 5.91 Å². The maximum absolute atomic E-state index is 13.2. The van der Waals surface area contributed by atoms with Gasteiger partial charge in [-0.15, -0.1) is 11.3 Å². The smallest absolute Gasteiger partial charge is 0.265 e. The van der Waals surface area contributed by atoms with Gasteiger partial charge >= 0.3 is 0 Å². The fraction of sp³-hybridized carbons (Fsp3) is 0.545. The van der Waals surface area contributed by atoms with E-state index < -0.39 is 0 Å². The molecule has 28 heavy (non-hydrogen) atoms. The van der Waals surface area contributed by atoms with Crippen LogP contribution in [0.5, 0.6) is 5.75 Å². The zero-order valence-electron chi connectivity index (χ0n) is 17.0. The SMILES string of the molecule is COc1ccc(C)cc1-c1nc(C)c(C(=O)N2CCN(C3CCCC3)CC2)s1. The highest BCUT2D eigenvalue weighted by molar-refractivity contribution is 7.17. The summed E-state index contributed by atoms with van der Waals surface area (Å²) in [5.74, 6) is 0.919. The van der Waals surface area contributed by atoms with Crippen molar-refractivity contribution < 1.29 is 9.53 Å². The lowest BCUT2D eigenvalue weighted by Gasteiger charge is -2.37. The van der Waals surface area contributed by atoms with Gasteiger partial charge in [0.15, 0.2) is 0 Å². The molecule has 2 aliphatic rings. The van der Waals surface area contributed by atoms with Crippen LogP contribution in [0.2, 0.25) is 0 Å². The lowest BCUT2D eigenvalue weighted by molar-refractivity contribution is 0.0577. The van der Waals surface area contributed by atoms with E-state index in [1.54, 1.807) is 7.11 Å². The molecule has 1 saturated heterocycles. The van der Waals surface area contributed by atoms with E-state index in [0.717, 1.165) is 64.7 Å². The first kappa shape index (κ1) is 19.4. The van der Waals surface area contributed by atoms with Crippen molar-refractivity contribution in [1.29, 1.82) is 0 Å². The number of thiazole rings is 1. The summed E-state index contributed by atoms with van der Waals surface area (Å²) in [5.41, 5.74) is 2.92. The van der Waals surface area contributed by atoms with Crippen molar-refractivity contribution >= 4 is 17.2 Å². The van der Waals surface area contributed by atoms with Gasteiger partial charge in [0.25, 0.3) is 5.91 Å². The largest absolute Gasteiger partial charge is 0.496 e. The summed E-state index contributed by atoms with van der Waals surface area (Å²) >= 11 is 1.48. The Kier molecular flexibility index (Phi) is 5.69. The molecule has 2 aromatic rings. The standard InChI is InChI=1S/C22H29N3O2S/c1-15-8-9-19(27-3)18(14-15)21-23-16(2)20(28-21)22(26)25-12-10-24(11-13-25)17-6-4-5-7-17/h8-9,14,17H,4-7,10-13H2,1-3H3. The predicted octanol–water partition coefficient (Wildman–Crippen LogP) is 4.14. The minimum atomic E-state index is 0.124. The van der Waals surface area contributed by atoms with Gasteiger partial charge in [-0.3, -0.25) is 9.69 Å². The van der Waals surface area contributed by atoms with Crippen LogP contribution in [-0.4, -0.2) is 60.0 Å². The Hall–Kier alpha value is -1.92. The van der Waals surface area contributed by atoms with Crippen LogP contribution in [0.3, 0.4) is 0 Å². The molecule has 2 fully saturated rings. The van der Waals surface area contributed by atoms with E-state index >= 15 is 0 Å². The Morgan fingerprint density at radius 3 is 2.54 bits per heavy atom. The highest BCUT2D eigenvalue weighted by Gasteiger charge is 2.30. The Labute approximate surface area is 171 Å².